The van der Waals surface area contributed by atoms with Crippen molar-refractivity contribution in [2.75, 3.05) is 6.61 Å². The van der Waals surface area contributed by atoms with Gasteiger partial charge in [-0.1, -0.05) is 39.4 Å². The molecule has 0 aliphatic rings. The number of amides is 1. The maximum Gasteiger partial charge on any atom is 0.326 e. The largest absolute Gasteiger partial charge is 0.465 e. The molecule has 0 unspecified atom stereocenters. The molecule has 5 nitrogen and oxygen atoms in total. The third-order valence-electron chi connectivity index (χ3n) is 3.47. The zero-order chi connectivity index (χ0) is 17.8. The molecule has 3 aromatic rings. The molecule has 0 radical (unpaired) electrons. The standard InChI is InChI=1S/C18H15BrN2O3S/c1-2-24-16(22)11-21-14-5-3-4-6-15(14)25-18(21)20-17(23)12-7-9-13(19)10-8-12/h3-10H,2,11H2,1H3. The predicted molar refractivity (Wildman–Crippen MR) is 100 cm³/mol. The van der Waals surface area contributed by atoms with E-state index in [1.807, 2.05) is 24.3 Å². The molecule has 0 N–H and O–H groups in total. The Labute approximate surface area is 156 Å². The van der Waals surface area contributed by atoms with Gasteiger partial charge in [0.15, 0.2) is 4.80 Å². The van der Waals surface area contributed by atoms with Gasteiger partial charge in [0, 0.05) is 10.0 Å². The van der Waals surface area contributed by atoms with Crippen molar-refractivity contribution in [3.63, 3.8) is 0 Å². The Kier molecular flexibility index (Phi) is 5.45. The van der Waals surface area contributed by atoms with Gasteiger partial charge in [-0.25, -0.2) is 0 Å². The Morgan fingerprint density at radius 2 is 1.88 bits per heavy atom. The van der Waals surface area contributed by atoms with E-state index >= 15 is 0 Å². The quantitative estimate of drug-likeness (QED) is 0.605. The van der Waals surface area contributed by atoms with Gasteiger partial charge >= 0.3 is 5.97 Å². The summed E-state index contributed by atoms with van der Waals surface area (Å²) in [6.07, 6.45) is 0. The van der Waals surface area contributed by atoms with Crippen LogP contribution in [0, 0.1) is 0 Å². The molecule has 2 aromatic carbocycles. The molecule has 3 rings (SSSR count). The Hall–Kier alpha value is -2.25. The number of carbonyl (C=O) groups excluding carboxylic acids is 2. The highest BCUT2D eigenvalue weighted by atomic mass is 79.9. The summed E-state index contributed by atoms with van der Waals surface area (Å²) in [6, 6.07) is 14.6. The minimum absolute atomic E-state index is 0.0182. The molecule has 128 valence electrons. The van der Waals surface area contributed by atoms with Crippen LogP contribution in [0.2, 0.25) is 0 Å². The van der Waals surface area contributed by atoms with Crippen LogP contribution >= 0.6 is 27.3 Å². The summed E-state index contributed by atoms with van der Waals surface area (Å²) in [5.41, 5.74) is 1.34. The summed E-state index contributed by atoms with van der Waals surface area (Å²) in [5, 5.41) is 0. The lowest BCUT2D eigenvalue weighted by atomic mass is 10.2. The number of rotatable bonds is 4. The van der Waals surface area contributed by atoms with Crippen LogP contribution in [0.25, 0.3) is 10.2 Å². The molecule has 0 bridgehead atoms. The van der Waals surface area contributed by atoms with Gasteiger partial charge in [-0.15, -0.1) is 0 Å². The predicted octanol–water partition coefficient (Wildman–Crippen LogP) is 3.77. The van der Waals surface area contributed by atoms with Gasteiger partial charge in [-0.3, -0.25) is 9.59 Å². The molecule has 25 heavy (non-hydrogen) atoms. The average Bonchev–Trinajstić information content (AvgIpc) is 2.93. The van der Waals surface area contributed by atoms with Gasteiger partial charge in [-0.05, 0) is 43.3 Å². The number of hydrogen-bond donors (Lipinski definition) is 0. The number of nitrogens with zero attached hydrogens (tertiary/aromatic N) is 2. The van der Waals surface area contributed by atoms with Gasteiger partial charge in [0.25, 0.3) is 5.91 Å². The van der Waals surface area contributed by atoms with Gasteiger partial charge in [0.1, 0.15) is 6.54 Å². The Morgan fingerprint density at radius 3 is 2.60 bits per heavy atom. The van der Waals surface area contributed by atoms with Gasteiger partial charge in [0.05, 0.1) is 16.8 Å². The molecule has 0 aliphatic heterocycles. The molecule has 0 fully saturated rings. The molecule has 0 aliphatic carbocycles. The Morgan fingerprint density at radius 1 is 1.16 bits per heavy atom. The van der Waals surface area contributed by atoms with E-state index in [0.717, 1.165) is 14.7 Å². The minimum Gasteiger partial charge on any atom is -0.465 e. The van der Waals surface area contributed by atoms with Crippen molar-refractivity contribution in [3.8, 4) is 0 Å². The van der Waals surface area contributed by atoms with Crippen molar-refractivity contribution in [3.05, 3.63) is 63.4 Å². The third-order valence-corrected chi connectivity index (χ3v) is 5.06. The van der Waals surface area contributed by atoms with Gasteiger partial charge in [0.2, 0.25) is 0 Å². The summed E-state index contributed by atoms with van der Waals surface area (Å²) >= 11 is 4.71. The smallest absolute Gasteiger partial charge is 0.326 e. The normalized spacial score (nSPS) is 11.7. The number of thiazole rings is 1. The number of carbonyl (C=O) groups is 2. The highest BCUT2D eigenvalue weighted by Crippen LogP contribution is 2.17. The highest BCUT2D eigenvalue weighted by Gasteiger charge is 2.12. The Balaban J connectivity index is 2.06. The van der Waals surface area contributed by atoms with E-state index in [-0.39, 0.29) is 18.4 Å². The third kappa shape index (κ3) is 4.05. The van der Waals surface area contributed by atoms with Crippen LogP contribution in [0.3, 0.4) is 0 Å². The number of fused-ring (bicyclic) bond motifs is 1. The van der Waals surface area contributed by atoms with Crippen LogP contribution in [0.15, 0.2) is 58.0 Å². The lowest BCUT2D eigenvalue weighted by molar-refractivity contribution is -0.143. The highest BCUT2D eigenvalue weighted by molar-refractivity contribution is 9.10. The van der Waals surface area contributed by atoms with E-state index < -0.39 is 0 Å². The van der Waals surface area contributed by atoms with Crippen molar-refractivity contribution in [2.45, 2.75) is 13.5 Å². The summed E-state index contributed by atoms with van der Waals surface area (Å²) in [4.78, 5) is 29.1. The molecule has 7 heteroatoms. The number of aromatic nitrogens is 1. The van der Waals surface area contributed by atoms with E-state index in [0.29, 0.717) is 17.0 Å². The number of benzene rings is 2. The van der Waals surface area contributed by atoms with E-state index in [9.17, 15) is 9.59 Å². The van der Waals surface area contributed by atoms with E-state index in [4.69, 9.17) is 4.74 Å². The second kappa shape index (κ2) is 7.76. The van der Waals surface area contributed by atoms with Gasteiger partial charge in [-0.2, -0.15) is 4.99 Å². The molecular formula is C18H15BrN2O3S. The SMILES string of the molecule is CCOC(=O)Cn1c(=NC(=O)c2ccc(Br)cc2)sc2ccccc21. The monoisotopic (exact) mass is 418 g/mol. The zero-order valence-corrected chi connectivity index (χ0v) is 15.8. The fourth-order valence-electron chi connectivity index (χ4n) is 2.34. The number of hydrogen-bond acceptors (Lipinski definition) is 4. The number of ether oxygens (including phenoxy) is 1. The van der Waals surface area contributed by atoms with Crippen molar-refractivity contribution in [2.24, 2.45) is 4.99 Å². The average molecular weight is 419 g/mol. The number of halogens is 1. The summed E-state index contributed by atoms with van der Waals surface area (Å²) < 4.78 is 8.60. The van der Waals surface area contributed by atoms with Crippen LogP contribution in [0.1, 0.15) is 17.3 Å². The zero-order valence-electron chi connectivity index (χ0n) is 13.4. The van der Waals surface area contributed by atoms with E-state index in [2.05, 4.69) is 20.9 Å². The van der Waals surface area contributed by atoms with Crippen LogP contribution in [0.5, 0.6) is 0 Å². The maximum atomic E-state index is 12.5. The first-order valence-corrected chi connectivity index (χ1v) is 9.28. The van der Waals surface area contributed by atoms with Crippen molar-refractivity contribution >= 4 is 49.4 Å². The summed E-state index contributed by atoms with van der Waals surface area (Å²) in [5.74, 6) is -0.708. The van der Waals surface area contributed by atoms with E-state index in [1.54, 1.807) is 35.8 Å². The topological polar surface area (TPSA) is 60.7 Å². The molecule has 0 atom stereocenters. The first-order chi connectivity index (χ1) is 12.1. The van der Waals surface area contributed by atoms with Gasteiger partial charge < -0.3 is 9.30 Å². The van der Waals surface area contributed by atoms with Crippen LogP contribution < -0.4 is 4.80 Å². The Bertz CT molecular complexity index is 989. The molecule has 0 saturated heterocycles. The second-order valence-corrected chi connectivity index (χ2v) is 7.09. The van der Waals surface area contributed by atoms with Crippen molar-refractivity contribution in [1.82, 2.24) is 4.57 Å². The number of esters is 1. The van der Waals surface area contributed by atoms with Crippen LogP contribution in [-0.4, -0.2) is 23.1 Å². The van der Waals surface area contributed by atoms with E-state index in [1.165, 1.54) is 11.3 Å². The second-order valence-electron chi connectivity index (χ2n) is 5.17. The molecule has 1 heterocycles. The van der Waals surface area contributed by atoms with Crippen LogP contribution in [-0.2, 0) is 16.1 Å². The molecule has 1 amide bonds. The first kappa shape index (κ1) is 17.6. The van der Waals surface area contributed by atoms with Crippen molar-refractivity contribution < 1.29 is 14.3 Å². The molecular weight excluding hydrogens is 404 g/mol. The molecule has 0 saturated carbocycles. The van der Waals surface area contributed by atoms with Crippen LogP contribution in [0.4, 0.5) is 0 Å². The fourth-order valence-corrected chi connectivity index (χ4v) is 3.63. The van der Waals surface area contributed by atoms with Crippen molar-refractivity contribution in [1.29, 1.82) is 0 Å². The lowest BCUT2D eigenvalue weighted by Crippen LogP contribution is -2.23. The summed E-state index contributed by atoms with van der Waals surface area (Å²) in [6.45, 7) is 2.09. The maximum absolute atomic E-state index is 12.5. The molecule has 1 aromatic heterocycles. The number of para-hydroxylation sites is 1. The summed E-state index contributed by atoms with van der Waals surface area (Å²) in [7, 11) is 0. The minimum atomic E-state index is -0.358. The molecule has 0 spiro atoms. The fraction of sp³-hybridized carbons (Fsp3) is 0.167. The first-order valence-electron chi connectivity index (χ1n) is 7.67. The lowest BCUT2D eigenvalue weighted by Gasteiger charge is -2.04.